The number of aliphatic hydroxyl groups is 2. The first-order chi connectivity index (χ1) is 19.7. The highest BCUT2D eigenvalue weighted by molar-refractivity contribution is 5.91. The first kappa shape index (κ1) is 27.9. The zero-order chi connectivity index (χ0) is 28.8. The SMILES string of the molecule is O=C1C[C@@H]2O[C@H](CNC(=O)[C@@H]3CN(CCN3C(=O)C3CC3)C(=O)[C@@H]3C[C@@H](CN3Cc3ccccc3O)N1)[C@@H](O)[C@H]2O. The molecule has 1 aromatic carbocycles. The van der Waals surface area contributed by atoms with Gasteiger partial charge in [-0.05, 0) is 25.3 Å². The van der Waals surface area contributed by atoms with E-state index < -0.39 is 42.4 Å². The van der Waals surface area contributed by atoms with Gasteiger partial charge in [-0.25, -0.2) is 0 Å². The Bertz CT molecular complexity index is 1210. The van der Waals surface area contributed by atoms with E-state index in [0.717, 1.165) is 12.8 Å². The highest BCUT2D eigenvalue weighted by Crippen LogP contribution is 2.33. The molecule has 0 unspecified atom stereocenters. The number of carbonyl (C=O) groups excluding carboxylic acids is 4. The van der Waals surface area contributed by atoms with Gasteiger partial charge in [-0.2, -0.15) is 0 Å². The third kappa shape index (κ3) is 5.63. The molecule has 5 aliphatic rings. The van der Waals surface area contributed by atoms with Crippen LogP contribution in [0, 0.1) is 5.92 Å². The van der Waals surface area contributed by atoms with Crippen LogP contribution < -0.4 is 10.6 Å². The van der Waals surface area contributed by atoms with Gasteiger partial charge in [-0.15, -0.1) is 0 Å². The van der Waals surface area contributed by atoms with Crippen molar-refractivity contribution in [2.75, 3.05) is 32.7 Å². The number of ether oxygens (including phenoxy) is 1. The molecular formula is C28H37N5O8. The lowest BCUT2D eigenvalue weighted by molar-refractivity contribution is -0.151. The Morgan fingerprint density at radius 1 is 1.00 bits per heavy atom. The minimum absolute atomic E-state index is 0.0143. The van der Waals surface area contributed by atoms with E-state index in [-0.39, 0.29) is 74.6 Å². The summed E-state index contributed by atoms with van der Waals surface area (Å²) >= 11 is 0. The fraction of sp³-hybridized carbons (Fsp3) is 0.643. The lowest BCUT2D eigenvalue weighted by Crippen LogP contribution is -2.63. The van der Waals surface area contributed by atoms with E-state index in [2.05, 4.69) is 10.6 Å². The second-order valence-electron chi connectivity index (χ2n) is 11.8. The van der Waals surface area contributed by atoms with Gasteiger partial charge in [0.15, 0.2) is 0 Å². The Balaban J connectivity index is 1.29. The Morgan fingerprint density at radius 3 is 2.51 bits per heavy atom. The number of hydrogen-bond acceptors (Lipinski definition) is 9. The van der Waals surface area contributed by atoms with Gasteiger partial charge in [0.05, 0.1) is 25.1 Å². The Labute approximate surface area is 237 Å². The predicted octanol–water partition coefficient (Wildman–Crippen LogP) is -2.09. The van der Waals surface area contributed by atoms with Crippen LogP contribution in [0.25, 0.3) is 0 Å². The molecule has 4 heterocycles. The van der Waals surface area contributed by atoms with E-state index in [1.807, 2.05) is 4.90 Å². The molecule has 1 aromatic rings. The second-order valence-corrected chi connectivity index (χ2v) is 11.8. The average Bonchev–Trinajstić information content (AvgIpc) is 3.69. The minimum Gasteiger partial charge on any atom is -0.508 e. The van der Waals surface area contributed by atoms with E-state index in [4.69, 9.17) is 4.74 Å². The molecule has 0 spiro atoms. The quantitative estimate of drug-likeness (QED) is 0.273. The summed E-state index contributed by atoms with van der Waals surface area (Å²) in [5.74, 6) is -1.14. The smallest absolute Gasteiger partial charge is 0.244 e. The number of rotatable bonds is 3. The number of benzene rings is 1. The van der Waals surface area contributed by atoms with E-state index in [1.54, 1.807) is 34.1 Å². The Morgan fingerprint density at radius 2 is 1.76 bits per heavy atom. The van der Waals surface area contributed by atoms with Crippen molar-refractivity contribution in [2.45, 2.75) is 74.8 Å². The van der Waals surface area contributed by atoms with Crippen molar-refractivity contribution in [2.24, 2.45) is 5.92 Å². The molecule has 5 N–H and O–H groups in total. The second kappa shape index (κ2) is 11.2. The third-order valence-electron chi connectivity index (χ3n) is 8.95. The number of likely N-dealkylation sites (tertiary alicyclic amines) is 1. The molecule has 7 atom stereocenters. The molecule has 13 heteroatoms. The van der Waals surface area contributed by atoms with Crippen LogP contribution in [-0.4, -0.2) is 129 Å². The van der Waals surface area contributed by atoms with Crippen LogP contribution in [0.4, 0.5) is 0 Å². The number of fused-ring (bicyclic) bond motifs is 6. The molecule has 6 bridgehead atoms. The van der Waals surface area contributed by atoms with E-state index in [1.165, 1.54) is 0 Å². The van der Waals surface area contributed by atoms with Gasteiger partial charge in [0.1, 0.15) is 30.1 Å². The summed E-state index contributed by atoms with van der Waals surface area (Å²) in [6.45, 7) is 1.01. The van der Waals surface area contributed by atoms with Crippen molar-refractivity contribution >= 4 is 23.6 Å². The zero-order valence-electron chi connectivity index (χ0n) is 22.7. The summed E-state index contributed by atoms with van der Waals surface area (Å²) < 4.78 is 5.78. The highest BCUT2D eigenvalue weighted by Gasteiger charge is 2.48. The van der Waals surface area contributed by atoms with Gasteiger partial charge in [0.25, 0.3) is 0 Å². The third-order valence-corrected chi connectivity index (χ3v) is 8.95. The number of para-hydroxylation sites is 1. The fourth-order valence-electron chi connectivity index (χ4n) is 6.50. The number of piperazine rings is 1. The number of phenols is 1. The topological polar surface area (TPSA) is 172 Å². The zero-order valence-corrected chi connectivity index (χ0v) is 22.7. The molecule has 4 saturated heterocycles. The summed E-state index contributed by atoms with van der Waals surface area (Å²) in [6.07, 6.45) is -2.83. The van der Waals surface area contributed by atoms with Gasteiger partial charge in [0, 0.05) is 50.2 Å². The van der Waals surface area contributed by atoms with Crippen LogP contribution in [0.3, 0.4) is 0 Å². The van der Waals surface area contributed by atoms with Gasteiger partial charge >= 0.3 is 0 Å². The number of phenolic OH excluding ortho intramolecular Hbond substituents is 1. The average molecular weight is 572 g/mol. The van der Waals surface area contributed by atoms with E-state index in [0.29, 0.717) is 18.5 Å². The van der Waals surface area contributed by atoms with Crippen molar-refractivity contribution in [3.05, 3.63) is 29.8 Å². The molecule has 4 aliphatic heterocycles. The maximum Gasteiger partial charge on any atom is 0.244 e. The Kier molecular flexibility index (Phi) is 7.62. The molecule has 1 aliphatic carbocycles. The molecular weight excluding hydrogens is 534 g/mol. The van der Waals surface area contributed by atoms with Crippen LogP contribution in [-0.2, 0) is 30.5 Å². The molecule has 1 saturated carbocycles. The molecule has 0 radical (unpaired) electrons. The molecule has 222 valence electrons. The number of aromatic hydroxyl groups is 1. The van der Waals surface area contributed by atoms with Gasteiger partial charge < -0.3 is 40.5 Å². The van der Waals surface area contributed by atoms with Crippen LogP contribution in [0.1, 0.15) is 31.2 Å². The molecule has 6 rings (SSSR count). The summed E-state index contributed by atoms with van der Waals surface area (Å²) in [6, 6.07) is 4.97. The predicted molar refractivity (Wildman–Crippen MR) is 142 cm³/mol. The van der Waals surface area contributed by atoms with Crippen molar-refractivity contribution in [1.29, 1.82) is 0 Å². The van der Waals surface area contributed by atoms with Gasteiger partial charge in [-0.3, -0.25) is 24.1 Å². The molecule has 4 amide bonds. The lowest BCUT2D eigenvalue weighted by Gasteiger charge is -2.42. The first-order valence-corrected chi connectivity index (χ1v) is 14.4. The van der Waals surface area contributed by atoms with Crippen LogP contribution in [0.15, 0.2) is 24.3 Å². The minimum atomic E-state index is -1.31. The molecule has 41 heavy (non-hydrogen) atoms. The monoisotopic (exact) mass is 571 g/mol. The number of carbonyl (C=O) groups is 4. The number of nitrogens with one attached hydrogen (secondary N) is 2. The molecule has 0 aromatic heterocycles. The maximum atomic E-state index is 14.0. The highest BCUT2D eigenvalue weighted by atomic mass is 16.5. The summed E-state index contributed by atoms with van der Waals surface area (Å²) in [5.41, 5.74) is 0.641. The van der Waals surface area contributed by atoms with Crippen molar-refractivity contribution in [3.63, 3.8) is 0 Å². The molecule has 13 nitrogen and oxygen atoms in total. The number of aliphatic hydroxyl groups excluding tert-OH is 2. The lowest BCUT2D eigenvalue weighted by atomic mass is 10.0. The van der Waals surface area contributed by atoms with Crippen molar-refractivity contribution in [3.8, 4) is 5.75 Å². The van der Waals surface area contributed by atoms with Crippen molar-refractivity contribution in [1.82, 2.24) is 25.3 Å². The van der Waals surface area contributed by atoms with Crippen LogP contribution >= 0.6 is 0 Å². The van der Waals surface area contributed by atoms with E-state index >= 15 is 0 Å². The summed E-state index contributed by atoms with van der Waals surface area (Å²) in [5, 5.41) is 37.2. The molecule has 5 fully saturated rings. The summed E-state index contributed by atoms with van der Waals surface area (Å²) in [4.78, 5) is 58.6. The van der Waals surface area contributed by atoms with Crippen LogP contribution in [0.2, 0.25) is 0 Å². The van der Waals surface area contributed by atoms with E-state index in [9.17, 15) is 34.5 Å². The number of amides is 4. The largest absolute Gasteiger partial charge is 0.508 e. The first-order valence-electron chi connectivity index (χ1n) is 14.4. The number of hydrogen-bond donors (Lipinski definition) is 5. The fourth-order valence-corrected chi connectivity index (χ4v) is 6.50. The van der Waals surface area contributed by atoms with Gasteiger partial charge in [-0.1, -0.05) is 18.2 Å². The Hall–Kier alpha value is -3.26. The van der Waals surface area contributed by atoms with Crippen molar-refractivity contribution < 1.29 is 39.2 Å². The van der Waals surface area contributed by atoms with Crippen LogP contribution in [0.5, 0.6) is 5.75 Å². The van der Waals surface area contributed by atoms with Gasteiger partial charge in [0.2, 0.25) is 23.6 Å². The maximum absolute atomic E-state index is 14.0. The standard InChI is InChI=1S/C28H37N5O8/c34-20-4-2-1-3-16(20)12-32-13-17-9-18(32)28(40)31-7-8-33(27(39)15-5-6-15)19(14-31)26(38)29-11-22-25(37)24(36)21(41-22)10-23(35)30-17/h1-4,15,17-19,21-22,24-25,34,36-37H,5-14H2,(H,29,38)(H,30,35)/t17-,18-,19-,21-,22+,24-,25+/m0/s1. The normalized spacial score (nSPS) is 34.9. The number of nitrogens with zero attached hydrogens (tertiary/aromatic N) is 3. The summed E-state index contributed by atoms with van der Waals surface area (Å²) in [7, 11) is 0.